The summed E-state index contributed by atoms with van der Waals surface area (Å²) in [5.74, 6) is -2.31. The van der Waals surface area contributed by atoms with E-state index in [1.54, 1.807) is 6.07 Å². The molecule has 1 aromatic heterocycles. The number of piperidine rings is 1. The number of hydrogen-bond acceptors (Lipinski definition) is 5. The number of benzene rings is 1. The standard InChI is InChI=1S/C29H35F3N4O2/c1-2-20-16-33-28(34-17-20)35-12-9-21(10-13-35)18-38-26-8-7-24(15-25(26)30)22-3-5-23(6-4-22)27(37)36-14-11-29(31,32)19-36/h3,7-8,15-17,21,23H,2,4-6,9-14,18-19H2,1H3. The summed E-state index contributed by atoms with van der Waals surface area (Å²) in [5, 5.41) is 0. The van der Waals surface area contributed by atoms with E-state index in [4.69, 9.17) is 4.74 Å². The number of nitrogens with zero attached hydrogens (tertiary/aromatic N) is 4. The van der Waals surface area contributed by atoms with Gasteiger partial charge in [-0.15, -0.1) is 0 Å². The van der Waals surface area contributed by atoms with Gasteiger partial charge < -0.3 is 14.5 Å². The fourth-order valence-corrected chi connectivity index (χ4v) is 5.52. The number of hydrogen-bond donors (Lipinski definition) is 0. The van der Waals surface area contributed by atoms with Crippen molar-refractivity contribution in [1.29, 1.82) is 0 Å². The van der Waals surface area contributed by atoms with Crippen molar-refractivity contribution in [1.82, 2.24) is 14.9 Å². The van der Waals surface area contributed by atoms with E-state index in [0.717, 1.165) is 55.0 Å². The molecule has 3 aliphatic rings. The van der Waals surface area contributed by atoms with Crippen LogP contribution in [0.15, 0.2) is 36.7 Å². The molecule has 1 aromatic carbocycles. The molecule has 5 rings (SSSR count). The minimum atomic E-state index is -2.78. The first-order valence-corrected chi connectivity index (χ1v) is 13.7. The minimum Gasteiger partial charge on any atom is -0.490 e. The second-order valence-electron chi connectivity index (χ2n) is 10.7. The molecule has 0 radical (unpaired) electrons. The number of halogens is 3. The summed E-state index contributed by atoms with van der Waals surface area (Å²) < 4.78 is 47.7. The van der Waals surface area contributed by atoms with Crippen molar-refractivity contribution >= 4 is 17.4 Å². The summed E-state index contributed by atoms with van der Waals surface area (Å²) in [7, 11) is 0. The Kier molecular flexibility index (Phi) is 7.91. The van der Waals surface area contributed by atoms with Gasteiger partial charge in [0.2, 0.25) is 11.9 Å². The molecule has 0 spiro atoms. The average molecular weight is 529 g/mol. The van der Waals surface area contributed by atoms with Crippen molar-refractivity contribution in [2.75, 3.05) is 37.7 Å². The molecule has 6 nitrogen and oxygen atoms in total. The van der Waals surface area contributed by atoms with Crippen LogP contribution in [0.4, 0.5) is 19.1 Å². The Morgan fingerprint density at radius 3 is 2.50 bits per heavy atom. The molecule has 1 amide bonds. The number of aromatic nitrogens is 2. The third kappa shape index (κ3) is 6.13. The molecule has 0 N–H and O–H groups in total. The van der Waals surface area contributed by atoms with Crippen LogP contribution in [0.5, 0.6) is 5.75 Å². The van der Waals surface area contributed by atoms with Crippen molar-refractivity contribution in [2.24, 2.45) is 11.8 Å². The lowest BCUT2D eigenvalue weighted by Gasteiger charge is -2.31. The van der Waals surface area contributed by atoms with Crippen LogP contribution in [-0.4, -0.2) is 59.5 Å². The summed E-state index contributed by atoms with van der Waals surface area (Å²) in [6, 6.07) is 5.02. The second kappa shape index (κ2) is 11.3. The number of amides is 1. The molecule has 2 saturated heterocycles. The van der Waals surface area contributed by atoms with Crippen molar-refractivity contribution < 1.29 is 22.7 Å². The highest BCUT2D eigenvalue weighted by Crippen LogP contribution is 2.35. The lowest BCUT2D eigenvalue weighted by atomic mass is 9.86. The molecular weight excluding hydrogens is 493 g/mol. The highest BCUT2D eigenvalue weighted by Gasteiger charge is 2.41. The topological polar surface area (TPSA) is 58.6 Å². The number of carbonyl (C=O) groups excluding carboxylic acids is 1. The van der Waals surface area contributed by atoms with Gasteiger partial charge in [0.1, 0.15) is 0 Å². The van der Waals surface area contributed by atoms with Crippen LogP contribution in [0.1, 0.15) is 56.6 Å². The van der Waals surface area contributed by atoms with Crippen LogP contribution in [0, 0.1) is 17.7 Å². The van der Waals surface area contributed by atoms with E-state index in [9.17, 15) is 18.0 Å². The first-order valence-electron chi connectivity index (χ1n) is 13.7. The summed E-state index contributed by atoms with van der Waals surface area (Å²) in [5.41, 5.74) is 2.88. The molecule has 3 heterocycles. The van der Waals surface area contributed by atoms with Gasteiger partial charge in [0, 0.05) is 44.4 Å². The van der Waals surface area contributed by atoms with Crippen LogP contribution in [0.3, 0.4) is 0 Å². The summed E-state index contributed by atoms with van der Waals surface area (Å²) >= 11 is 0. The predicted octanol–water partition coefficient (Wildman–Crippen LogP) is 5.52. The third-order valence-corrected chi connectivity index (χ3v) is 8.02. The smallest absolute Gasteiger partial charge is 0.267 e. The number of ether oxygens (including phenoxy) is 1. The van der Waals surface area contributed by atoms with Gasteiger partial charge in [-0.25, -0.2) is 23.1 Å². The normalized spacial score (nSPS) is 21.9. The Hall–Kier alpha value is -3.10. The third-order valence-electron chi connectivity index (χ3n) is 8.02. The van der Waals surface area contributed by atoms with Gasteiger partial charge >= 0.3 is 0 Å². The molecule has 9 heteroatoms. The van der Waals surface area contributed by atoms with E-state index in [-0.39, 0.29) is 30.5 Å². The number of likely N-dealkylation sites (tertiary alicyclic amines) is 1. The zero-order valence-corrected chi connectivity index (χ0v) is 21.8. The molecule has 0 saturated carbocycles. The Labute approximate surface area is 221 Å². The first-order chi connectivity index (χ1) is 18.3. The molecule has 38 heavy (non-hydrogen) atoms. The molecule has 1 unspecified atom stereocenters. The number of rotatable bonds is 7. The van der Waals surface area contributed by atoms with Gasteiger partial charge in [-0.2, -0.15) is 0 Å². The Balaban J connectivity index is 1.10. The van der Waals surface area contributed by atoms with Crippen molar-refractivity contribution in [3.05, 3.63) is 53.6 Å². The summed E-state index contributed by atoms with van der Waals surface area (Å²) in [4.78, 5) is 25.0. The van der Waals surface area contributed by atoms with Gasteiger partial charge in [-0.3, -0.25) is 4.79 Å². The van der Waals surface area contributed by atoms with Gasteiger partial charge in [-0.1, -0.05) is 19.1 Å². The van der Waals surface area contributed by atoms with Gasteiger partial charge in [-0.05, 0) is 73.3 Å². The molecule has 2 aliphatic heterocycles. The van der Waals surface area contributed by atoms with E-state index in [0.29, 0.717) is 31.8 Å². The zero-order valence-electron chi connectivity index (χ0n) is 21.8. The molecule has 204 valence electrons. The fourth-order valence-electron chi connectivity index (χ4n) is 5.52. The Morgan fingerprint density at radius 2 is 1.89 bits per heavy atom. The monoisotopic (exact) mass is 528 g/mol. The SMILES string of the molecule is CCc1cnc(N2CCC(COc3ccc(C4=CCC(C(=O)N5CCC(F)(F)C5)CC4)cc3F)CC2)nc1. The van der Waals surface area contributed by atoms with Gasteiger partial charge in [0.15, 0.2) is 11.6 Å². The van der Waals surface area contributed by atoms with Crippen LogP contribution in [0.25, 0.3) is 5.57 Å². The predicted molar refractivity (Wildman–Crippen MR) is 140 cm³/mol. The molecule has 1 atom stereocenters. The Morgan fingerprint density at radius 1 is 1.13 bits per heavy atom. The van der Waals surface area contributed by atoms with E-state index in [1.807, 2.05) is 24.5 Å². The van der Waals surface area contributed by atoms with Crippen LogP contribution >= 0.6 is 0 Å². The highest BCUT2D eigenvalue weighted by atomic mass is 19.3. The van der Waals surface area contributed by atoms with E-state index in [1.165, 1.54) is 11.0 Å². The van der Waals surface area contributed by atoms with E-state index < -0.39 is 18.3 Å². The zero-order chi connectivity index (χ0) is 26.7. The quantitative estimate of drug-likeness (QED) is 0.473. The fraction of sp³-hybridized carbons (Fsp3) is 0.552. The van der Waals surface area contributed by atoms with Crippen LogP contribution in [0.2, 0.25) is 0 Å². The summed E-state index contributed by atoms with van der Waals surface area (Å²) in [6.07, 6.45) is 9.91. The molecule has 2 aromatic rings. The largest absolute Gasteiger partial charge is 0.490 e. The molecular formula is C29H35F3N4O2. The number of alkyl halides is 2. The van der Waals surface area contributed by atoms with Crippen molar-refractivity contribution in [3.63, 3.8) is 0 Å². The lowest BCUT2D eigenvalue weighted by Crippen LogP contribution is -2.36. The number of carbonyl (C=O) groups is 1. The second-order valence-corrected chi connectivity index (χ2v) is 10.7. The number of allylic oxidation sites excluding steroid dienone is 2. The van der Waals surface area contributed by atoms with Crippen molar-refractivity contribution in [2.45, 2.75) is 57.8 Å². The lowest BCUT2D eigenvalue weighted by molar-refractivity contribution is -0.136. The number of aryl methyl sites for hydroxylation is 1. The maximum Gasteiger partial charge on any atom is 0.267 e. The van der Waals surface area contributed by atoms with Gasteiger partial charge in [0.05, 0.1) is 13.2 Å². The number of anilines is 1. The Bertz CT molecular complexity index is 1160. The molecule has 2 fully saturated rings. The molecule has 0 bridgehead atoms. The highest BCUT2D eigenvalue weighted by molar-refractivity contribution is 5.81. The van der Waals surface area contributed by atoms with E-state index >= 15 is 0 Å². The van der Waals surface area contributed by atoms with Crippen molar-refractivity contribution in [3.8, 4) is 5.75 Å². The van der Waals surface area contributed by atoms with Crippen LogP contribution < -0.4 is 9.64 Å². The summed E-state index contributed by atoms with van der Waals surface area (Å²) in [6.45, 7) is 3.87. The molecule has 1 aliphatic carbocycles. The van der Waals surface area contributed by atoms with Crippen LogP contribution in [-0.2, 0) is 11.2 Å². The maximum atomic E-state index is 14.9. The first kappa shape index (κ1) is 26.5. The maximum absolute atomic E-state index is 14.9. The van der Waals surface area contributed by atoms with E-state index in [2.05, 4.69) is 21.8 Å². The van der Waals surface area contributed by atoms with Gasteiger partial charge in [0.25, 0.3) is 5.92 Å². The average Bonchev–Trinajstić information content (AvgIpc) is 3.32. The minimum absolute atomic E-state index is 0.117.